The zero-order valence-corrected chi connectivity index (χ0v) is 9.15. The number of hydrogen-bond donors (Lipinski definition) is 0. The van der Waals surface area contributed by atoms with E-state index in [9.17, 15) is 4.79 Å². The van der Waals surface area contributed by atoms with E-state index in [1.165, 1.54) is 11.7 Å². The molecule has 0 spiro atoms. The fraction of sp³-hybridized carbons (Fsp3) is 0.333. The van der Waals surface area contributed by atoms with Crippen molar-refractivity contribution in [3.63, 3.8) is 0 Å². The van der Waals surface area contributed by atoms with Crippen LogP contribution in [0.25, 0.3) is 0 Å². The number of pyridine rings is 1. The number of nitrogens with zero attached hydrogens (tertiary/aromatic N) is 2. The summed E-state index contributed by atoms with van der Waals surface area (Å²) in [6.45, 7) is 1.37. The van der Waals surface area contributed by atoms with Gasteiger partial charge in [0, 0.05) is 43.6 Å². The van der Waals surface area contributed by atoms with E-state index in [4.69, 9.17) is 4.84 Å². The minimum absolute atomic E-state index is 0. The monoisotopic (exact) mass is 216 g/mol. The lowest BCUT2D eigenvalue weighted by atomic mass is 10.4. The van der Waals surface area contributed by atoms with Gasteiger partial charge in [0.25, 0.3) is 0 Å². The molecule has 1 heterocycles. The number of carbonyl (C=O) groups is 1. The standard InChI is InChI=1S/C9H13N2O2.ClH/c1-8(12)13-11-6-4-9(5-7-11)10(2)3;/h4-7H,1-3H3;1H/q+1;/p-1. The van der Waals surface area contributed by atoms with Crippen LogP contribution in [0.3, 0.4) is 0 Å². The van der Waals surface area contributed by atoms with E-state index in [0.717, 1.165) is 5.69 Å². The maximum atomic E-state index is 10.6. The highest BCUT2D eigenvalue weighted by Gasteiger charge is 2.05. The highest BCUT2D eigenvalue weighted by Crippen LogP contribution is 2.05. The Morgan fingerprint density at radius 3 is 2.21 bits per heavy atom. The van der Waals surface area contributed by atoms with Crippen LogP contribution in [0.5, 0.6) is 0 Å². The maximum absolute atomic E-state index is 10.6. The number of anilines is 1. The third-order valence-electron chi connectivity index (χ3n) is 1.53. The first-order valence-electron chi connectivity index (χ1n) is 3.97. The molecule has 78 valence electrons. The van der Waals surface area contributed by atoms with Crippen molar-refractivity contribution in [1.29, 1.82) is 0 Å². The molecule has 1 rings (SSSR count). The Bertz CT molecular complexity index is 298. The lowest BCUT2D eigenvalue weighted by molar-refractivity contribution is -0.869. The van der Waals surface area contributed by atoms with Crippen LogP contribution in [0, 0.1) is 0 Å². The molecule has 0 aliphatic carbocycles. The fourth-order valence-corrected chi connectivity index (χ4v) is 0.912. The average molecular weight is 217 g/mol. The lowest BCUT2D eigenvalue weighted by Gasteiger charge is -2.09. The molecule has 0 bridgehead atoms. The van der Waals surface area contributed by atoms with Crippen LogP contribution >= 0.6 is 0 Å². The van der Waals surface area contributed by atoms with E-state index >= 15 is 0 Å². The molecule has 0 aliphatic heterocycles. The van der Waals surface area contributed by atoms with E-state index in [1.807, 2.05) is 31.1 Å². The third kappa shape index (κ3) is 3.62. The Morgan fingerprint density at radius 2 is 1.86 bits per heavy atom. The molecule has 0 radical (unpaired) electrons. The fourth-order valence-electron chi connectivity index (χ4n) is 0.912. The van der Waals surface area contributed by atoms with Crippen molar-refractivity contribution in [3.8, 4) is 0 Å². The van der Waals surface area contributed by atoms with Gasteiger partial charge in [-0.2, -0.15) is 4.84 Å². The van der Waals surface area contributed by atoms with Crippen LogP contribution in [-0.2, 0) is 4.79 Å². The van der Waals surface area contributed by atoms with Gasteiger partial charge < -0.3 is 17.3 Å². The van der Waals surface area contributed by atoms with Crippen molar-refractivity contribution in [2.24, 2.45) is 0 Å². The Hall–Kier alpha value is -1.29. The zero-order chi connectivity index (χ0) is 9.84. The molecule has 14 heavy (non-hydrogen) atoms. The number of hydrogen-bond acceptors (Lipinski definition) is 3. The van der Waals surface area contributed by atoms with Gasteiger partial charge in [-0.05, 0) is 0 Å². The lowest BCUT2D eigenvalue weighted by Crippen LogP contribution is -3.00. The predicted octanol–water partition coefficient (Wildman–Crippen LogP) is -2.98. The highest BCUT2D eigenvalue weighted by molar-refractivity contribution is 5.65. The van der Waals surface area contributed by atoms with Gasteiger partial charge in [-0.15, -0.1) is 0 Å². The number of rotatable bonds is 2. The van der Waals surface area contributed by atoms with Crippen LogP contribution in [0.1, 0.15) is 6.92 Å². The van der Waals surface area contributed by atoms with Crippen LogP contribution in [0.15, 0.2) is 24.5 Å². The molecule has 0 amide bonds. The van der Waals surface area contributed by atoms with Crippen molar-refractivity contribution < 1.29 is 26.8 Å². The smallest absolute Gasteiger partial charge is 0.377 e. The van der Waals surface area contributed by atoms with Crippen molar-refractivity contribution in [1.82, 2.24) is 0 Å². The SMILES string of the molecule is CC(=O)O[n+]1ccc(N(C)C)cc1.[Cl-]. The van der Waals surface area contributed by atoms with E-state index in [-0.39, 0.29) is 18.4 Å². The van der Waals surface area contributed by atoms with Crippen molar-refractivity contribution in [3.05, 3.63) is 24.5 Å². The summed E-state index contributed by atoms with van der Waals surface area (Å²) < 4.78 is 1.37. The quantitative estimate of drug-likeness (QED) is 0.495. The first-order valence-corrected chi connectivity index (χ1v) is 3.97. The largest absolute Gasteiger partial charge is 1.00 e. The first kappa shape index (κ1) is 12.7. The van der Waals surface area contributed by atoms with Crippen LogP contribution in [-0.4, -0.2) is 20.1 Å². The Kier molecular flexibility index (Phi) is 4.94. The summed E-state index contributed by atoms with van der Waals surface area (Å²) in [5, 5.41) is 0. The molecule has 0 fully saturated rings. The highest BCUT2D eigenvalue weighted by atomic mass is 35.5. The van der Waals surface area contributed by atoms with Gasteiger partial charge in [-0.25, -0.2) is 4.79 Å². The maximum Gasteiger partial charge on any atom is 0.377 e. The molecule has 4 nitrogen and oxygen atoms in total. The second-order valence-corrected chi connectivity index (χ2v) is 2.89. The molecule has 0 atom stereocenters. The zero-order valence-electron chi connectivity index (χ0n) is 8.40. The van der Waals surface area contributed by atoms with E-state index < -0.39 is 0 Å². The molecule has 5 heteroatoms. The van der Waals surface area contributed by atoms with E-state index in [0.29, 0.717) is 0 Å². The summed E-state index contributed by atoms with van der Waals surface area (Å²) in [6, 6.07) is 3.73. The molecule has 1 aromatic heterocycles. The summed E-state index contributed by atoms with van der Waals surface area (Å²) >= 11 is 0. The summed E-state index contributed by atoms with van der Waals surface area (Å²) in [6.07, 6.45) is 3.38. The Balaban J connectivity index is 0.00000169. The normalized spacial score (nSPS) is 8.79. The van der Waals surface area contributed by atoms with Gasteiger partial charge in [-0.3, -0.25) is 0 Å². The summed E-state index contributed by atoms with van der Waals surface area (Å²) in [7, 11) is 3.90. The Morgan fingerprint density at radius 1 is 1.36 bits per heavy atom. The second-order valence-electron chi connectivity index (χ2n) is 2.89. The second kappa shape index (κ2) is 5.44. The van der Waals surface area contributed by atoms with Crippen molar-refractivity contribution in [2.45, 2.75) is 6.92 Å². The van der Waals surface area contributed by atoms with Crippen LogP contribution < -0.4 is 26.9 Å². The molecule has 0 N–H and O–H groups in total. The molecule has 0 saturated heterocycles. The summed E-state index contributed by atoms with van der Waals surface area (Å²) in [5.74, 6) is -0.331. The molecule has 0 saturated carbocycles. The van der Waals surface area contributed by atoms with Gasteiger partial charge in [0.2, 0.25) is 12.4 Å². The van der Waals surface area contributed by atoms with Gasteiger partial charge >= 0.3 is 5.97 Å². The van der Waals surface area contributed by atoms with E-state index in [1.54, 1.807) is 12.4 Å². The van der Waals surface area contributed by atoms with Gasteiger partial charge in [0.15, 0.2) is 0 Å². The number of halogens is 1. The minimum Gasteiger partial charge on any atom is -1.00 e. The molecular weight excluding hydrogens is 204 g/mol. The van der Waals surface area contributed by atoms with Gasteiger partial charge in [0.05, 0.1) is 0 Å². The average Bonchev–Trinajstić information content (AvgIpc) is 2.04. The molecule has 0 unspecified atom stereocenters. The minimum atomic E-state index is -0.331. The Labute approximate surface area is 89.5 Å². The molecule has 0 aliphatic rings. The summed E-state index contributed by atoms with van der Waals surface area (Å²) in [4.78, 5) is 17.4. The third-order valence-corrected chi connectivity index (χ3v) is 1.53. The summed E-state index contributed by atoms with van der Waals surface area (Å²) in [5.41, 5.74) is 1.06. The van der Waals surface area contributed by atoms with Crippen molar-refractivity contribution >= 4 is 11.7 Å². The number of carbonyl (C=O) groups excluding carboxylic acids is 1. The molecular formula is C9H13ClN2O2. The van der Waals surface area contributed by atoms with Crippen LogP contribution in [0.2, 0.25) is 0 Å². The van der Waals surface area contributed by atoms with Gasteiger partial charge in [0.1, 0.15) is 0 Å². The van der Waals surface area contributed by atoms with Crippen LogP contribution in [0.4, 0.5) is 5.69 Å². The predicted molar refractivity (Wildman–Crippen MR) is 48.2 cm³/mol. The van der Waals surface area contributed by atoms with E-state index in [2.05, 4.69) is 0 Å². The molecule has 1 aromatic rings. The topological polar surface area (TPSA) is 33.4 Å². The first-order chi connectivity index (χ1) is 6.09. The van der Waals surface area contributed by atoms with Crippen molar-refractivity contribution in [2.75, 3.05) is 19.0 Å². The van der Waals surface area contributed by atoms with Gasteiger partial charge in [-0.1, -0.05) is 0 Å². The number of aromatic nitrogens is 1. The molecule has 0 aromatic carbocycles.